The Morgan fingerprint density at radius 1 is 1.37 bits per heavy atom. The van der Waals surface area contributed by atoms with Gasteiger partial charge in [-0.1, -0.05) is 13.8 Å². The maximum Gasteiger partial charge on any atom is 0.248 e. The van der Waals surface area contributed by atoms with Crippen LogP contribution in [0.2, 0.25) is 0 Å². The first kappa shape index (κ1) is 16.3. The van der Waals surface area contributed by atoms with Crippen LogP contribution < -0.4 is 5.32 Å². The van der Waals surface area contributed by atoms with Crippen molar-refractivity contribution in [3.05, 3.63) is 0 Å². The van der Waals surface area contributed by atoms with Gasteiger partial charge in [-0.3, -0.25) is 9.59 Å². The number of rotatable bonds is 6. The molecule has 1 saturated heterocycles. The van der Waals surface area contributed by atoms with Crippen LogP contribution in [0.4, 0.5) is 0 Å². The van der Waals surface area contributed by atoms with Gasteiger partial charge in [0.25, 0.3) is 0 Å². The van der Waals surface area contributed by atoms with Crippen LogP contribution >= 0.6 is 11.8 Å². The number of hydrogen-bond acceptors (Lipinski definition) is 3. The maximum atomic E-state index is 12.8. The predicted octanol–water partition coefficient (Wildman–Crippen LogP) is 2.04. The average Bonchev–Trinajstić information content (AvgIpc) is 2.48. The van der Waals surface area contributed by atoms with Crippen LogP contribution in [-0.4, -0.2) is 46.8 Å². The van der Waals surface area contributed by atoms with Crippen LogP contribution in [0.25, 0.3) is 0 Å². The Labute approximate surface area is 120 Å². The van der Waals surface area contributed by atoms with Crippen molar-refractivity contribution in [1.82, 2.24) is 10.2 Å². The average molecular weight is 286 g/mol. The number of amides is 2. The molecule has 0 saturated carbocycles. The van der Waals surface area contributed by atoms with E-state index < -0.39 is 5.54 Å². The van der Waals surface area contributed by atoms with Gasteiger partial charge in [0, 0.05) is 19.0 Å². The van der Waals surface area contributed by atoms with Crippen molar-refractivity contribution in [3.63, 3.8) is 0 Å². The molecule has 1 unspecified atom stereocenters. The van der Waals surface area contributed by atoms with Crippen LogP contribution in [0.1, 0.15) is 46.5 Å². The standard InChI is InChI=1S/C14H26N2O2S/c1-5-14(6-2)13(18)16(8-7-9-19-4)11(3)10-12(17)15-14/h11H,5-10H2,1-4H3,(H,15,17). The lowest BCUT2D eigenvalue weighted by Gasteiger charge is -2.35. The largest absolute Gasteiger partial charge is 0.342 e. The summed E-state index contributed by atoms with van der Waals surface area (Å²) in [6, 6.07) is -0.00525. The van der Waals surface area contributed by atoms with Crippen LogP contribution in [0.15, 0.2) is 0 Å². The monoisotopic (exact) mass is 286 g/mol. The van der Waals surface area contributed by atoms with E-state index in [-0.39, 0.29) is 17.9 Å². The molecule has 110 valence electrons. The number of thioether (sulfide) groups is 1. The highest BCUT2D eigenvalue weighted by atomic mass is 32.2. The van der Waals surface area contributed by atoms with Crippen molar-refractivity contribution >= 4 is 23.6 Å². The number of carbonyl (C=O) groups excluding carboxylic acids is 2. The summed E-state index contributed by atoms with van der Waals surface area (Å²) in [6.07, 6.45) is 4.77. The van der Waals surface area contributed by atoms with E-state index in [4.69, 9.17) is 0 Å². The molecule has 1 fully saturated rings. The molecule has 1 N–H and O–H groups in total. The van der Waals surface area contributed by atoms with E-state index >= 15 is 0 Å². The molecule has 0 bridgehead atoms. The maximum absolute atomic E-state index is 12.8. The first-order valence-corrected chi connectivity index (χ1v) is 8.51. The summed E-state index contributed by atoms with van der Waals surface area (Å²) in [5.74, 6) is 1.14. The first-order valence-electron chi connectivity index (χ1n) is 7.11. The van der Waals surface area contributed by atoms with Gasteiger partial charge in [-0.05, 0) is 38.2 Å². The van der Waals surface area contributed by atoms with Gasteiger partial charge in [0.1, 0.15) is 5.54 Å². The molecule has 1 aliphatic heterocycles. The third-order valence-electron chi connectivity index (χ3n) is 4.02. The first-order chi connectivity index (χ1) is 9.00. The zero-order valence-corrected chi connectivity index (χ0v) is 13.3. The van der Waals surface area contributed by atoms with Gasteiger partial charge in [0.2, 0.25) is 11.8 Å². The normalized spacial score (nSPS) is 23.2. The predicted molar refractivity (Wildman–Crippen MR) is 80.2 cm³/mol. The summed E-state index contributed by atoms with van der Waals surface area (Å²) in [5.41, 5.74) is -0.693. The lowest BCUT2D eigenvalue weighted by Crippen LogP contribution is -2.57. The summed E-state index contributed by atoms with van der Waals surface area (Å²) in [4.78, 5) is 26.6. The van der Waals surface area contributed by atoms with Gasteiger partial charge < -0.3 is 10.2 Å². The summed E-state index contributed by atoms with van der Waals surface area (Å²) in [5, 5.41) is 2.96. The molecule has 2 amide bonds. The van der Waals surface area contributed by atoms with Crippen molar-refractivity contribution in [1.29, 1.82) is 0 Å². The molecule has 1 aliphatic rings. The number of nitrogens with one attached hydrogen (secondary N) is 1. The third kappa shape index (κ3) is 3.65. The molecule has 0 radical (unpaired) electrons. The zero-order chi connectivity index (χ0) is 14.5. The number of hydrogen-bond donors (Lipinski definition) is 1. The molecule has 0 aromatic heterocycles. The van der Waals surface area contributed by atoms with Crippen molar-refractivity contribution in [2.24, 2.45) is 0 Å². The fraction of sp³-hybridized carbons (Fsp3) is 0.857. The van der Waals surface area contributed by atoms with Crippen LogP contribution in [0, 0.1) is 0 Å². The van der Waals surface area contributed by atoms with Crippen molar-refractivity contribution in [3.8, 4) is 0 Å². The molecule has 1 heterocycles. The lowest BCUT2D eigenvalue weighted by molar-refractivity contribution is -0.140. The summed E-state index contributed by atoms with van der Waals surface area (Å²) in [7, 11) is 0. The molecular formula is C14H26N2O2S. The van der Waals surface area contributed by atoms with Gasteiger partial charge in [-0.15, -0.1) is 0 Å². The number of carbonyl (C=O) groups is 2. The fourth-order valence-corrected chi connectivity index (χ4v) is 3.07. The molecule has 1 atom stereocenters. The second-order valence-electron chi connectivity index (χ2n) is 5.24. The van der Waals surface area contributed by atoms with Crippen molar-refractivity contribution in [2.75, 3.05) is 18.6 Å². The van der Waals surface area contributed by atoms with Gasteiger partial charge in [-0.2, -0.15) is 11.8 Å². The Morgan fingerprint density at radius 2 is 2.00 bits per heavy atom. The highest BCUT2D eigenvalue weighted by Crippen LogP contribution is 2.24. The molecule has 0 aromatic carbocycles. The minimum atomic E-state index is -0.693. The molecule has 5 heteroatoms. The molecular weight excluding hydrogens is 260 g/mol. The van der Waals surface area contributed by atoms with E-state index in [9.17, 15) is 9.59 Å². The highest BCUT2D eigenvalue weighted by molar-refractivity contribution is 7.98. The smallest absolute Gasteiger partial charge is 0.248 e. The van der Waals surface area contributed by atoms with E-state index in [2.05, 4.69) is 11.6 Å². The zero-order valence-electron chi connectivity index (χ0n) is 12.5. The van der Waals surface area contributed by atoms with E-state index in [1.807, 2.05) is 25.7 Å². The summed E-state index contributed by atoms with van der Waals surface area (Å²) in [6.45, 7) is 6.66. The topological polar surface area (TPSA) is 49.4 Å². The molecule has 0 spiro atoms. The van der Waals surface area contributed by atoms with Gasteiger partial charge in [0.05, 0.1) is 0 Å². The minimum Gasteiger partial charge on any atom is -0.342 e. The van der Waals surface area contributed by atoms with Crippen LogP contribution in [-0.2, 0) is 9.59 Å². The Balaban J connectivity index is 2.92. The fourth-order valence-electron chi connectivity index (χ4n) is 2.66. The second kappa shape index (κ2) is 7.17. The van der Waals surface area contributed by atoms with E-state index in [1.54, 1.807) is 11.8 Å². The molecule has 0 aliphatic carbocycles. The number of nitrogens with zero attached hydrogens (tertiary/aromatic N) is 1. The van der Waals surface area contributed by atoms with E-state index in [0.717, 1.165) is 18.7 Å². The molecule has 19 heavy (non-hydrogen) atoms. The SMILES string of the molecule is CCC1(CC)NC(=O)CC(C)N(CCCSC)C1=O. The van der Waals surface area contributed by atoms with Crippen molar-refractivity contribution in [2.45, 2.75) is 58.0 Å². The molecule has 1 rings (SSSR count). The van der Waals surface area contributed by atoms with Crippen LogP contribution in [0.3, 0.4) is 0 Å². The molecule has 4 nitrogen and oxygen atoms in total. The third-order valence-corrected chi connectivity index (χ3v) is 4.71. The summed E-state index contributed by atoms with van der Waals surface area (Å²) < 4.78 is 0. The Kier molecular flexibility index (Phi) is 6.17. The highest BCUT2D eigenvalue weighted by Gasteiger charge is 2.43. The van der Waals surface area contributed by atoms with Gasteiger partial charge in [0.15, 0.2) is 0 Å². The minimum absolute atomic E-state index is 0.00286. The van der Waals surface area contributed by atoms with Crippen molar-refractivity contribution < 1.29 is 9.59 Å². The van der Waals surface area contributed by atoms with Gasteiger partial charge >= 0.3 is 0 Å². The van der Waals surface area contributed by atoms with E-state index in [0.29, 0.717) is 19.3 Å². The van der Waals surface area contributed by atoms with E-state index in [1.165, 1.54) is 0 Å². The Bertz CT molecular complexity index is 329. The summed E-state index contributed by atoms with van der Waals surface area (Å²) >= 11 is 1.79. The quantitative estimate of drug-likeness (QED) is 0.760. The molecule has 0 aromatic rings. The lowest BCUT2D eigenvalue weighted by atomic mass is 9.91. The Hall–Kier alpha value is -0.710. The van der Waals surface area contributed by atoms with Crippen LogP contribution in [0.5, 0.6) is 0 Å². The Morgan fingerprint density at radius 3 is 2.53 bits per heavy atom. The van der Waals surface area contributed by atoms with Gasteiger partial charge in [-0.25, -0.2) is 0 Å². The second-order valence-corrected chi connectivity index (χ2v) is 6.22.